The summed E-state index contributed by atoms with van der Waals surface area (Å²) in [7, 11) is 0. The van der Waals surface area contributed by atoms with Gasteiger partial charge in [0.1, 0.15) is 6.04 Å². The van der Waals surface area contributed by atoms with Crippen molar-refractivity contribution >= 4 is 28.9 Å². The molecule has 1 aromatic heterocycles. The third-order valence-corrected chi connectivity index (χ3v) is 5.57. The van der Waals surface area contributed by atoms with Gasteiger partial charge in [-0.2, -0.15) is 0 Å². The van der Waals surface area contributed by atoms with Crippen molar-refractivity contribution in [3.8, 4) is 0 Å². The molecule has 0 spiro atoms. The van der Waals surface area contributed by atoms with Crippen molar-refractivity contribution in [2.45, 2.75) is 45.3 Å². The van der Waals surface area contributed by atoms with Gasteiger partial charge in [0.05, 0.1) is 11.0 Å². The molecule has 0 bridgehead atoms. The monoisotopic (exact) mass is 405 g/mol. The van der Waals surface area contributed by atoms with Crippen LogP contribution in [0.5, 0.6) is 0 Å². The molecule has 7 nitrogen and oxygen atoms in total. The van der Waals surface area contributed by atoms with Crippen LogP contribution in [0.15, 0.2) is 54.6 Å². The molecule has 3 amide bonds. The Morgan fingerprint density at radius 2 is 1.77 bits per heavy atom. The average molecular weight is 406 g/mol. The van der Waals surface area contributed by atoms with Crippen molar-refractivity contribution in [1.82, 2.24) is 20.2 Å². The van der Waals surface area contributed by atoms with Crippen LogP contribution in [-0.4, -0.2) is 40.1 Å². The first-order valence-electron chi connectivity index (χ1n) is 10.4. The zero-order valence-electron chi connectivity index (χ0n) is 17.3. The van der Waals surface area contributed by atoms with E-state index in [1.54, 1.807) is 4.90 Å². The second kappa shape index (κ2) is 8.57. The van der Waals surface area contributed by atoms with E-state index in [2.05, 4.69) is 15.6 Å². The molecule has 7 heteroatoms. The van der Waals surface area contributed by atoms with Gasteiger partial charge in [-0.15, -0.1) is 0 Å². The fraction of sp³-hybridized carbons (Fsp3) is 0.348. The Labute approximate surface area is 176 Å². The maximum atomic E-state index is 13.1. The summed E-state index contributed by atoms with van der Waals surface area (Å²) >= 11 is 0. The predicted molar refractivity (Wildman–Crippen MR) is 117 cm³/mol. The van der Waals surface area contributed by atoms with Gasteiger partial charge in [0, 0.05) is 25.6 Å². The van der Waals surface area contributed by atoms with Gasteiger partial charge in [-0.25, -0.2) is 9.78 Å². The van der Waals surface area contributed by atoms with Gasteiger partial charge in [-0.1, -0.05) is 49.4 Å². The topological polar surface area (TPSA) is 79.3 Å². The molecule has 2 atom stereocenters. The van der Waals surface area contributed by atoms with E-state index in [-0.39, 0.29) is 18.0 Å². The number of nitrogens with zero attached hydrogens (tertiary/aromatic N) is 3. The molecule has 2 N–H and O–H groups in total. The van der Waals surface area contributed by atoms with E-state index in [1.165, 1.54) is 0 Å². The molecule has 2 aromatic carbocycles. The van der Waals surface area contributed by atoms with Gasteiger partial charge in [0.15, 0.2) is 0 Å². The van der Waals surface area contributed by atoms with Crippen molar-refractivity contribution in [2.24, 2.45) is 0 Å². The van der Waals surface area contributed by atoms with Gasteiger partial charge >= 0.3 is 6.03 Å². The number of aromatic nitrogens is 2. The van der Waals surface area contributed by atoms with Crippen molar-refractivity contribution in [3.05, 3.63) is 60.2 Å². The van der Waals surface area contributed by atoms with Crippen LogP contribution < -0.4 is 15.5 Å². The number of imidazole rings is 1. The summed E-state index contributed by atoms with van der Waals surface area (Å²) in [5, 5.41) is 5.94. The summed E-state index contributed by atoms with van der Waals surface area (Å²) in [5.41, 5.74) is 2.87. The number of hydrogen-bond donors (Lipinski definition) is 2. The second-order valence-corrected chi connectivity index (χ2v) is 7.71. The molecule has 1 aliphatic rings. The predicted octanol–water partition coefficient (Wildman–Crippen LogP) is 3.09. The molecule has 0 fully saturated rings. The number of fused-ring (bicyclic) bond motifs is 3. The number of rotatable bonds is 6. The fourth-order valence-corrected chi connectivity index (χ4v) is 3.71. The maximum Gasteiger partial charge on any atom is 0.324 e. The normalized spacial score (nSPS) is 14.9. The highest BCUT2D eigenvalue weighted by Gasteiger charge is 2.31. The van der Waals surface area contributed by atoms with Crippen LogP contribution in [-0.2, 0) is 17.8 Å². The second-order valence-electron chi connectivity index (χ2n) is 7.71. The lowest BCUT2D eigenvalue weighted by molar-refractivity contribution is -0.123. The highest BCUT2D eigenvalue weighted by Crippen LogP contribution is 2.27. The number of carbonyl (C=O) groups is 2. The van der Waals surface area contributed by atoms with Crippen molar-refractivity contribution in [3.63, 3.8) is 0 Å². The number of benzene rings is 2. The number of nitrogens with one attached hydrogen (secondary N) is 2. The highest BCUT2D eigenvalue weighted by molar-refractivity contribution is 5.96. The van der Waals surface area contributed by atoms with E-state index >= 15 is 0 Å². The van der Waals surface area contributed by atoms with Crippen molar-refractivity contribution < 1.29 is 9.59 Å². The summed E-state index contributed by atoms with van der Waals surface area (Å²) in [4.78, 5) is 32.3. The summed E-state index contributed by atoms with van der Waals surface area (Å²) in [5.74, 6) is 0.448. The maximum absolute atomic E-state index is 13.1. The van der Waals surface area contributed by atoms with Crippen LogP contribution in [0.1, 0.15) is 25.8 Å². The Morgan fingerprint density at radius 3 is 2.53 bits per heavy atom. The number of hydrogen-bond acceptors (Lipinski definition) is 3. The van der Waals surface area contributed by atoms with Crippen LogP contribution in [0.3, 0.4) is 0 Å². The first-order valence-corrected chi connectivity index (χ1v) is 10.4. The van der Waals surface area contributed by atoms with E-state index < -0.39 is 6.04 Å². The van der Waals surface area contributed by atoms with Crippen LogP contribution in [0, 0.1) is 0 Å². The van der Waals surface area contributed by atoms with Crippen LogP contribution >= 0.6 is 0 Å². The number of amides is 3. The largest absolute Gasteiger partial charge is 0.352 e. The molecule has 3 aromatic rings. The molecule has 0 saturated heterocycles. The van der Waals surface area contributed by atoms with Gasteiger partial charge in [0.2, 0.25) is 11.9 Å². The SMILES string of the molecule is CC[C@@H](C)NC(=O)[C@H](Cc1ccccc1)NC(=O)N1CCn2c1nc1ccccc12. The molecular weight excluding hydrogens is 378 g/mol. The van der Waals surface area contributed by atoms with Crippen molar-refractivity contribution in [2.75, 3.05) is 11.4 Å². The third kappa shape index (κ3) is 4.01. The molecule has 156 valence electrons. The Hall–Kier alpha value is -3.35. The van der Waals surface area contributed by atoms with E-state index in [0.29, 0.717) is 25.5 Å². The summed E-state index contributed by atoms with van der Waals surface area (Å²) in [6.45, 7) is 5.20. The van der Waals surface area contributed by atoms with Gasteiger partial charge in [0.25, 0.3) is 0 Å². The summed E-state index contributed by atoms with van der Waals surface area (Å²) < 4.78 is 2.04. The minimum Gasteiger partial charge on any atom is -0.352 e. The number of carbonyl (C=O) groups excluding carboxylic acids is 2. The first kappa shape index (κ1) is 19.9. The summed E-state index contributed by atoms with van der Waals surface area (Å²) in [6.07, 6.45) is 1.26. The number of urea groups is 1. The lowest BCUT2D eigenvalue weighted by Gasteiger charge is -2.23. The Kier molecular flexibility index (Phi) is 5.70. The molecule has 0 radical (unpaired) electrons. The van der Waals surface area contributed by atoms with Crippen LogP contribution in [0.2, 0.25) is 0 Å². The molecule has 0 aliphatic carbocycles. The van der Waals surface area contributed by atoms with E-state index in [4.69, 9.17) is 0 Å². The van der Waals surface area contributed by atoms with Crippen molar-refractivity contribution in [1.29, 1.82) is 0 Å². The van der Waals surface area contributed by atoms with Crippen LogP contribution in [0.4, 0.5) is 10.7 Å². The van der Waals surface area contributed by atoms with E-state index in [9.17, 15) is 9.59 Å². The molecule has 30 heavy (non-hydrogen) atoms. The molecule has 0 saturated carbocycles. The minimum atomic E-state index is -0.660. The van der Waals surface area contributed by atoms with Gasteiger partial charge < -0.3 is 15.2 Å². The Morgan fingerprint density at radius 1 is 1.03 bits per heavy atom. The highest BCUT2D eigenvalue weighted by atomic mass is 16.2. The molecule has 0 unspecified atom stereocenters. The lowest BCUT2D eigenvalue weighted by atomic mass is 10.0. The quantitative estimate of drug-likeness (QED) is 0.661. The standard InChI is InChI=1S/C23H27N5O2/c1-3-16(2)24-21(29)19(15-17-9-5-4-6-10-17)26-23(30)28-14-13-27-20-12-8-7-11-18(20)25-22(27)28/h4-12,16,19H,3,13-15H2,1-2H3,(H,24,29)(H,26,30)/t16-,19+/m1/s1. The third-order valence-electron chi connectivity index (χ3n) is 5.57. The van der Waals surface area contributed by atoms with E-state index in [0.717, 1.165) is 23.0 Å². The smallest absolute Gasteiger partial charge is 0.324 e. The molecule has 1 aliphatic heterocycles. The minimum absolute atomic E-state index is 0.0451. The molecule has 2 heterocycles. The fourth-order valence-electron chi connectivity index (χ4n) is 3.71. The Balaban J connectivity index is 1.54. The number of anilines is 1. The Bertz CT molecular complexity index is 1050. The molecular formula is C23H27N5O2. The number of para-hydroxylation sites is 2. The first-order chi connectivity index (χ1) is 14.6. The van der Waals surface area contributed by atoms with E-state index in [1.807, 2.05) is 73.0 Å². The zero-order chi connectivity index (χ0) is 21.1. The summed E-state index contributed by atoms with van der Waals surface area (Å²) in [6, 6.07) is 16.7. The van der Waals surface area contributed by atoms with Gasteiger partial charge in [-0.05, 0) is 31.0 Å². The average Bonchev–Trinajstić information content (AvgIpc) is 3.33. The van der Waals surface area contributed by atoms with Crippen LogP contribution in [0.25, 0.3) is 11.0 Å². The zero-order valence-corrected chi connectivity index (χ0v) is 17.3. The molecule has 4 rings (SSSR count). The van der Waals surface area contributed by atoms with Gasteiger partial charge in [-0.3, -0.25) is 9.69 Å². The lowest BCUT2D eigenvalue weighted by Crippen LogP contribution is -2.53.